The Balaban J connectivity index is 2.37. The van der Waals surface area contributed by atoms with E-state index in [1.807, 2.05) is 0 Å². The molecular weight excluding hydrogens is 314 g/mol. The largest absolute Gasteiger partial charge is 0.495 e. The van der Waals surface area contributed by atoms with Gasteiger partial charge in [-0.2, -0.15) is 4.31 Å². The maximum absolute atomic E-state index is 12.8. The predicted octanol–water partition coefficient (Wildman–Crippen LogP) is 2.27. The molecule has 1 fully saturated rings. The van der Waals surface area contributed by atoms with Crippen LogP contribution in [0.15, 0.2) is 23.1 Å². The van der Waals surface area contributed by atoms with Crippen molar-refractivity contribution >= 4 is 21.6 Å². The molecule has 1 atom stereocenters. The van der Waals surface area contributed by atoms with E-state index < -0.39 is 10.0 Å². The zero-order valence-electron chi connectivity index (χ0n) is 12.0. The van der Waals surface area contributed by atoms with Crippen LogP contribution < -0.4 is 4.74 Å². The summed E-state index contributed by atoms with van der Waals surface area (Å²) in [5, 5.41) is 9.74. The van der Waals surface area contributed by atoms with Crippen molar-refractivity contribution < 1.29 is 18.3 Å². The van der Waals surface area contributed by atoms with Crippen LogP contribution in [0.1, 0.15) is 25.7 Å². The van der Waals surface area contributed by atoms with Gasteiger partial charge in [-0.25, -0.2) is 8.42 Å². The molecule has 1 N–H and O–H groups in total. The number of hydrogen-bond acceptors (Lipinski definition) is 4. The topological polar surface area (TPSA) is 66.8 Å². The highest BCUT2D eigenvalue weighted by atomic mass is 35.5. The van der Waals surface area contributed by atoms with E-state index in [0.29, 0.717) is 18.7 Å². The fourth-order valence-corrected chi connectivity index (χ4v) is 4.63. The molecule has 0 bridgehead atoms. The molecule has 0 radical (unpaired) electrons. The van der Waals surface area contributed by atoms with Crippen molar-refractivity contribution in [2.75, 3.05) is 20.3 Å². The molecule has 7 heteroatoms. The summed E-state index contributed by atoms with van der Waals surface area (Å²) < 4.78 is 32.0. The molecule has 1 unspecified atom stereocenters. The molecule has 1 saturated heterocycles. The van der Waals surface area contributed by atoms with E-state index in [0.717, 1.165) is 19.3 Å². The Kier molecular flexibility index (Phi) is 5.48. The Morgan fingerprint density at radius 3 is 2.76 bits per heavy atom. The first kappa shape index (κ1) is 16.5. The molecule has 0 spiro atoms. The molecule has 2 rings (SSSR count). The Hall–Kier alpha value is -0.820. The lowest BCUT2D eigenvalue weighted by molar-refractivity contribution is 0.186. The SMILES string of the molecule is COc1ccc(S(=O)(=O)N2CCCCCC2CO)cc1Cl. The van der Waals surface area contributed by atoms with Crippen LogP contribution in [0.3, 0.4) is 0 Å². The zero-order chi connectivity index (χ0) is 15.5. The summed E-state index contributed by atoms with van der Waals surface area (Å²) in [6.45, 7) is 0.264. The normalized spacial score (nSPS) is 21.0. The minimum atomic E-state index is -3.66. The lowest BCUT2D eigenvalue weighted by atomic mass is 10.1. The summed E-state index contributed by atoms with van der Waals surface area (Å²) in [6.07, 6.45) is 3.39. The lowest BCUT2D eigenvalue weighted by Crippen LogP contribution is -2.42. The summed E-state index contributed by atoms with van der Waals surface area (Å²) in [4.78, 5) is 0.133. The number of benzene rings is 1. The predicted molar refractivity (Wildman–Crippen MR) is 81.2 cm³/mol. The number of sulfonamides is 1. The maximum Gasteiger partial charge on any atom is 0.243 e. The maximum atomic E-state index is 12.8. The van der Waals surface area contributed by atoms with Crippen LogP contribution in [-0.4, -0.2) is 44.1 Å². The molecular formula is C14H20ClNO4S. The second-order valence-electron chi connectivity index (χ2n) is 5.10. The van der Waals surface area contributed by atoms with Crippen molar-refractivity contribution in [3.8, 4) is 5.75 Å². The van der Waals surface area contributed by atoms with Crippen molar-refractivity contribution in [3.05, 3.63) is 23.2 Å². The zero-order valence-corrected chi connectivity index (χ0v) is 13.5. The van der Waals surface area contributed by atoms with E-state index in [-0.39, 0.29) is 22.6 Å². The Labute approximate surface area is 130 Å². The van der Waals surface area contributed by atoms with Gasteiger partial charge in [0.1, 0.15) is 5.75 Å². The lowest BCUT2D eigenvalue weighted by Gasteiger charge is -2.27. The smallest absolute Gasteiger partial charge is 0.243 e. The molecule has 1 aliphatic rings. The van der Waals surface area contributed by atoms with Crippen LogP contribution in [0, 0.1) is 0 Å². The van der Waals surface area contributed by atoms with Gasteiger partial charge in [-0.3, -0.25) is 0 Å². The van der Waals surface area contributed by atoms with Crippen LogP contribution in [-0.2, 0) is 10.0 Å². The van der Waals surface area contributed by atoms with E-state index in [2.05, 4.69) is 0 Å². The van der Waals surface area contributed by atoms with Gasteiger partial charge in [0.15, 0.2) is 0 Å². The molecule has 0 amide bonds. The standard InChI is InChI=1S/C14H20ClNO4S/c1-20-14-7-6-12(9-13(14)15)21(18,19)16-8-4-2-3-5-11(16)10-17/h6-7,9,11,17H,2-5,8,10H2,1H3. The Bertz CT molecular complexity index is 591. The van der Waals surface area contributed by atoms with Crippen molar-refractivity contribution in [2.24, 2.45) is 0 Å². The van der Waals surface area contributed by atoms with E-state index >= 15 is 0 Å². The van der Waals surface area contributed by atoms with Gasteiger partial charge in [0.25, 0.3) is 0 Å². The average Bonchev–Trinajstić information content (AvgIpc) is 2.72. The second kappa shape index (κ2) is 6.96. The van der Waals surface area contributed by atoms with E-state index in [1.165, 1.54) is 23.5 Å². The van der Waals surface area contributed by atoms with Gasteiger partial charge in [-0.15, -0.1) is 0 Å². The van der Waals surface area contributed by atoms with Crippen molar-refractivity contribution in [3.63, 3.8) is 0 Å². The van der Waals surface area contributed by atoms with Crippen molar-refractivity contribution in [1.82, 2.24) is 4.31 Å². The van der Waals surface area contributed by atoms with Crippen LogP contribution in [0.25, 0.3) is 0 Å². The fraction of sp³-hybridized carbons (Fsp3) is 0.571. The van der Waals surface area contributed by atoms with Crippen molar-refractivity contribution in [2.45, 2.75) is 36.6 Å². The van der Waals surface area contributed by atoms with Gasteiger partial charge in [0, 0.05) is 12.6 Å². The highest BCUT2D eigenvalue weighted by Crippen LogP contribution is 2.30. The highest BCUT2D eigenvalue weighted by molar-refractivity contribution is 7.89. The molecule has 5 nitrogen and oxygen atoms in total. The van der Waals surface area contributed by atoms with E-state index in [1.54, 1.807) is 6.07 Å². The number of rotatable bonds is 4. The van der Waals surface area contributed by atoms with Gasteiger partial charge < -0.3 is 9.84 Å². The fourth-order valence-electron chi connectivity index (χ4n) is 2.59. The van der Waals surface area contributed by atoms with Gasteiger partial charge in [0.05, 0.1) is 23.6 Å². The van der Waals surface area contributed by atoms with Crippen LogP contribution in [0.5, 0.6) is 5.75 Å². The molecule has 1 aromatic rings. The number of ether oxygens (including phenoxy) is 1. The summed E-state index contributed by atoms with van der Waals surface area (Å²) in [6, 6.07) is 4.06. The molecule has 1 heterocycles. The third kappa shape index (κ3) is 3.51. The monoisotopic (exact) mass is 333 g/mol. The van der Waals surface area contributed by atoms with E-state index in [4.69, 9.17) is 16.3 Å². The number of hydrogen-bond donors (Lipinski definition) is 1. The minimum absolute atomic E-state index is 0.133. The molecule has 0 aromatic heterocycles. The molecule has 1 aliphatic heterocycles. The van der Waals surface area contributed by atoms with Crippen LogP contribution >= 0.6 is 11.6 Å². The molecule has 118 valence electrons. The Morgan fingerprint density at radius 2 is 2.14 bits per heavy atom. The van der Waals surface area contributed by atoms with Crippen LogP contribution in [0.4, 0.5) is 0 Å². The second-order valence-corrected chi connectivity index (χ2v) is 7.40. The first-order valence-corrected chi connectivity index (χ1v) is 8.78. The number of nitrogens with zero attached hydrogens (tertiary/aromatic N) is 1. The van der Waals surface area contributed by atoms with Gasteiger partial charge in [-0.1, -0.05) is 24.4 Å². The first-order chi connectivity index (χ1) is 10.0. The summed E-state index contributed by atoms with van der Waals surface area (Å²) >= 11 is 6.02. The summed E-state index contributed by atoms with van der Waals surface area (Å²) in [5.74, 6) is 0.435. The number of aliphatic hydroxyl groups excluding tert-OH is 1. The minimum Gasteiger partial charge on any atom is -0.495 e. The number of aliphatic hydroxyl groups is 1. The number of methoxy groups -OCH3 is 1. The number of halogens is 1. The molecule has 0 saturated carbocycles. The van der Waals surface area contributed by atoms with Crippen molar-refractivity contribution in [1.29, 1.82) is 0 Å². The third-order valence-electron chi connectivity index (χ3n) is 3.76. The van der Waals surface area contributed by atoms with Gasteiger partial charge >= 0.3 is 0 Å². The quantitative estimate of drug-likeness (QED) is 0.918. The Morgan fingerprint density at radius 1 is 1.38 bits per heavy atom. The average molecular weight is 334 g/mol. The van der Waals surface area contributed by atoms with Gasteiger partial charge in [-0.05, 0) is 31.0 Å². The molecule has 21 heavy (non-hydrogen) atoms. The van der Waals surface area contributed by atoms with Gasteiger partial charge in [0.2, 0.25) is 10.0 Å². The van der Waals surface area contributed by atoms with Crippen LogP contribution in [0.2, 0.25) is 5.02 Å². The van der Waals surface area contributed by atoms with E-state index in [9.17, 15) is 13.5 Å². The highest BCUT2D eigenvalue weighted by Gasteiger charge is 2.32. The summed E-state index contributed by atoms with van der Waals surface area (Å²) in [7, 11) is -2.18. The summed E-state index contributed by atoms with van der Waals surface area (Å²) in [5.41, 5.74) is 0. The molecule has 0 aliphatic carbocycles. The first-order valence-electron chi connectivity index (χ1n) is 6.97. The third-order valence-corrected chi connectivity index (χ3v) is 6.01. The molecule has 1 aromatic carbocycles.